The van der Waals surface area contributed by atoms with Crippen molar-refractivity contribution in [3.8, 4) is 0 Å². The van der Waals surface area contributed by atoms with Crippen molar-refractivity contribution in [2.24, 2.45) is 11.8 Å². The van der Waals surface area contributed by atoms with E-state index in [1.54, 1.807) is 31.2 Å². The van der Waals surface area contributed by atoms with E-state index in [-0.39, 0.29) is 35.5 Å². The van der Waals surface area contributed by atoms with Crippen LogP contribution in [-0.2, 0) is 23.5 Å². The molecule has 5 unspecified atom stereocenters. The first kappa shape index (κ1) is 54.5. The van der Waals surface area contributed by atoms with Crippen molar-refractivity contribution in [3.05, 3.63) is 215 Å². The topological polar surface area (TPSA) is 206 Å². The maximum Gasteiger partial charge on any atom is 0.309 e. The van der Waals surface area contributed by atoms with Crippen LogP contribution in [0.3, 0.4) is 0 Å². The molecular formula is C58H63N9O6SSi. The summed E-state index contributed by atoms with van der Waals surface area (Å²) in [6, 6.07) is 47.8. The number of carbonyl (C=O) groups excluding carboxylic acids is 2. The molecule has 75 heavy (non-hydrogen) atoms. The summed E-state index contributed by atoms with van der Waals surface area (Å²) >= 11 is 1.31. The zero-order valence-corrected chi connectivity index (χ0v) is 45.1. The highest BCUT2D eigenvalue weighted by Crippen LogP contribution is 2.36. The smallest absolute Gasteiger partial charge is 0.309 e. The lowest BCUT2D eigenvalue weighted by molar-refractivity contribution is -0.145. The number of hydrogen-bond acceptors (Lipinski definition) is 12. The molecule has 0 fully saturated rings. The summed E-state index contributed by atoms with van der Waals surface area (Å²) in [5, 5.41) is 45.3. The van der Waals surface area contributed by atoms with Crippen LogP contribution >= 0.6 is 11.3 Å². The van der Waals surface area contributed by atoms with Gasteiger partial charge in [0, 0.05) is 33.9 Å². The van der Waals surface area contributed by atoms with E-state index in [1.807, 2.05) is 148 Å². The maximum absolute atomic E-state index is 12.8. The number of anilines is 1. The molecule has 0 aliphatic carbocycles. The zero-order chi connectivity index (χ0) is 53.3. The Kier molecular flexibility index (Phi) is 19.0. The number of fused-ring (bicyclic) bond motifs is 3. The van der Waals surface area contributed by atoms with Crippen LogP contribution in [0.5, 0.6) is 0 Å². The number of aliphatic hydroxyl groups excluding tert-OH is 1. The number of H-pyrrole nitrogens is 3. The molecule has 0 spiro atoms. The molecule has 386 valence electrons. The van der Waals surface area contributed by atoms with E-state index in [9.17, 15) is 14.7 Å². The Morgan fingerprint density at radius 2 is 1.04 bits per heavy atom. The number of aromatic nitrogens is 8. The molecule has 17 heteroatoms. The van der Waals surface area contributed by atoms with Gasteiger partial charge in [-0.1, -0.05) is 134 Å². The Labute approximate surface area is 441 Å². The minimum Gasteiger partial charge on any atom is -0.520 e. The van der Waals surface area contributed by atoms with E-state index < -0.39 is 14.4 Å². The van der Waals surface area contributed by atoms with Crippen LogP contribution in [-0.4, -0.2) is 80.3 Å². The van der Waals surface area contributed by atoms with E-state index >= 15 is 0 Å². The van der Waals surface area contributed by atoms with Crippen molar-refractivity contribution in [1.29, 1.82) is 0 Å². The fourth-order valence-electron chi connectivity index (χ4n) is 8.57. The average molecular weight is 1040 g/mol. The van der Waals surface area contributed by atoms with Crippen molar-refractivity contribution in [2.75, 3.05) is 19.5 Å². The fourth-order valence-corrected chi connectivity index (χ4v) is 9.82. The molecule has 10 rings (SSSR count). The number of amides is 1. The summed E-state index contributed by atoms with van der Waals surface area (Å²) in [4.78, 5) is 24.9. The number of aliphatic hydroxyl groups is 1. The third kappa shape index (κ3) is 14.7. The molecule has 5 N–H and O–H groups in total. The second-order valence-electron chi connectivity index (χ2n) is 18.6. The number of methoxy groups -OCH3 is 2. The van der Waals surface area contributed by atoms with E-state index in [2.05, 4.69) is 90.0 Å². The monoisotopic (exact) mass is 1040 g/mol. The fraction of sp³-hybridized carbons (Fsp3) is 0.224. The molecule has 4 aromatic heterocycles. The molecule has 0 aliphatic rings. The summed E-state index contributed by atoms with van der Waals surface area (Å²) in [5.41, 5.74) is 10.7. The Bertz CT molecular complexity index is 3380. The Hall–Kier alpha value is -8.25. The first-order valence-electron chi connectivity index (χ1n) is 24.4. The van der Waals surface area contributed by atoms with Gasteiger partial charge in [-0.25, -0.2) is 0 Å². The minimum absolute atomic E-state index is 0.0482. The first-order chi connectivity index (χ1) is 36.3. The number of ether oxygens (including phenoxy) is 2. The highest BCUT2D eigenvalue weighted by molar-refractivity contribution is 7.13. The van der Waals surface area contributed by atoms with Gasteiger partial charge in [-0.15, -0.1) is 10.2 Å². The van der Waals surface area contributed by atoms with Gasteiger partial charge in [-0.3, -0.25) is 24.9 Å². The molecule has 15 nitrogen and oxygen atoms in total. The van der Waals surface area contributed by atoms with Gasteiger partial charge in [0.15, 0.2) is 0 Å². The first-order valence-corrected chi connectivity index (χ1v) is 28.7. The lowest BCUT2D eigenvalue weighted by atomic mass is 9.81. The summed E-state index contributed by atoms with van der Waals surface area (Å²) in [6.07, 6.45) is 6.60. The maximum atomic E-state index is 12.8. The summed E-state index contributed by atoms with van der Waals surface area (Å²) in [5.74, 6) is -0.332. The van der Waals surface area contributed by atoms with Crippen LogP contribution in [0.15, 0.2) is 182 Å². The van der Waals surface area contributed by atoms with Crippen LogP contribution in [0.4, 0.5) is 5.13 Å². The Balaban J connectivity index is 0.000000153. The van der Waals surface area contributed by atoms with E-state index in [0.717, 1.165) is 66.1 Å². The number of nitrogens with zero attached hydrogens (tertiary/aromatic N) is 5. The van der Waals surface area contributed by atoms with Crippen molar-refractivity contribution in [1.82, 2.24) is 40.8 Å². The second kappa shape index (κ2) is 26.1. The number of hydrogen-bond donors (Lipinski definition) is 5. The number of aromatic amines is 3. The molecule has 0 saturated heterocycles. The lowest BCUT2D eigenvalue weighted by Crippen LogP contribution is -2.26. The van der Waals surface area contributed by atoms with Crippen LogP contribution in [0.1, 0.15) is 72.1 Å². The summed E-state index contributed by atoms with van der Waals surface area (Å²) < 4.78 is 15.4. The van der Waals surface area contributed by atoms with Crippen molar-refractivity contribution >= 4 is 69.4 Å². The lowest BCUT2D eigenvalue weighted by Gasteiger charge is -2.24. The van der Waals surface area contributed by atoms with Gasteiger partial charge in [0.2, 0.25) is 19.4 Å². The Morgan fingerprint density at radius 3 is 1.44 bits per heavy atom. The van der Waals surface area contributed by atoms with E-state index in [4.69, 9.17) is 13.9 Å². The number of esters is 1. The minimum atomic E-state index is -1.46. The summed E-state index contributed by atoms with van der Waals surface area (Å²) in [7, 11) is 1.60. The largest absolute Gasteiger partial charge is 0.520 e. The van der Waals surface area contributed by atoms with E-state index in [0.29, 0.717) is 11.1 Å². The number of allylic oxidation sites excluding steroid dienone is 1. The van der Waals surface area contributed by atoms with Gasteiger partial charge in [0.05, 0.1) is 55.3 Å². The highest BCUT2D eigenvalue weighted by atomic mass is 32.1. The van der Waals surface area contributed by atoms with Gasteiger partial charge in [-0.05, 0) is 102 Å². The van der Waals surface area contributed by atoms with Gasteiger partial charge < -0.3 is 24.3 Å². The van der Waals surface area contributed by atoms with Crippen molar-refractivity contribution in [3.63, 3.8) is 0 Å². The summed E-state index contributed by atoms with van der Waals surface area (Å²) in [6.45, 7) is 12.1. The highest BCUT2D eigenvalue weighted by Gasteiger charge is 2.29. The van der Waals surface area contributed by atoms with Crippen LogP contribution in [0, 0.1) is 11.8 Å². The standard InChI is InChI=1S/C19H17N5OS.C18H18N2O2.C14H12N2O.C7H16O2Si/c1-12(18(25)22-19-24-21-11-26-19)17(13-5-3-2-4-6-13)14-7-8-16-15(9-14)10-20-23-16;1-12(18(21)22-2)17(13-6-4-3-5-7-13)14-8-9-16-15(10-14)11-19-20-16;17-14(10-4-2-1-3-5-10)11-6-7-13-12(8-11)9-15-16-13;1-6-7(8-2)9-10(3,4)5/h2-12,17H,1H3,(H,20,23)(H,22,24,25);3-12,17H,1-2H3,(H,19,20);1-9,14,17H,(H,15,16);6H,1-5H3/b;;;7-6+. The molecule has 0 bridgehead atoms. The third-order valence-corrected chi connectivity index (χ3v) is 13.7. The van der Waals surface area contributed by atoms with Crippen molar-refractivity contribution in [2.45, 2.75) is 58.4 Å². The molecular weight excluding hydrogens is 979 g/mol. The average Bonchev–Trinajstić information content (AvgIpc) is 4.30. The van der Waals surface area contributed by atoms with Crippen LogP contribution in [0.25, 0.3) is 32.7 Å². The molecule has 1 amide bonds. The third-order valence-electron chi connectivity index (χ3n) is 12.3. The zero-order valence-electron chi connectivity index (χ0n) is 43.3. The van der Waals surface area contributed by atoms with Gasteiger partial charge in [-0.2, -0.15) is 15.3 Å². The molecule has 0 radical (unpaired) electrons. The van der Waals surface area contributed by atoms with Gasteiger partial charge in [0.25, 0.3) is 5.95 Å². The molecule has 4 heterocycles. The predicted molar refractivity (Wildman–Crippen MR) is 299 cm³/mol. The molecule has 5 atom stereocenters. The van der Waals surface area contributed by atoms with Gasteiger partial charge >= 0.3 is 5.97 Å². The van der Waals surface area contributed by atoms with Crippen molar-refractivity contribution < 1.29 is 28.6 Å². The molecule has 0 saturated carbocycles. The number of benzene rings is 6. The molecule has 0 aliphatic heterocycles. The Morgan fingerprint density at radius 1 is 0.600 bits per heavy atom. The second-order valence-corrected chi connectivity index (χ2v) is 23.9. The molecule has 10 aromatic rings. The van der Waals surface area contributed by atoms with Crippen LogP contribution in [0.2, 0.25) is 19.6 Å². The van der Waals surface area contributed by atoms with Crippen LogP contribution < -0.4 is 5.32 Å². The quantitative estimate of drug-likeness (QED) is 0.0393. The predicted octanol–water partition coefficient (Wildman–Crippen LogP) is 12.3. The number of rotatable bonds is 14. The number of nitrogens with one attached hydrogen (secondary N) is 4. The number of carbonyl (C=O) groups is 2. The normalized spacial score (nSPS) is 13.3. The molecule has 6 aromatic carbocycles. The van der Waals surface area contributed by atoms with Gasteiger partial charge in [0.1, 0.15) is 11.6 Å². The SMILES string of the molecule is C/C=C(\OC)O[Si](C)(C)C.CC(C(=O)Nc1nncs1)C(c1ccccc1)c1ccc2[nH]ncc2c1.COC(=O)C(C)C(c1ccccc1)c1ccc2[nH]ncc2c1.OC(c1ccccc1)c1ccc2[nH]ncc2c1. The van der Waals surface area contributed by atoms with E-state index in [1.165, 1.54) is 18.4 Å².